The standard InChI is InChI=1S/C15H25NS/c1-13(2)12-15-6-4-14(5-7-15)8-10-16-9-3-11-17/h4-7,13,16-17H,3,8-12H2,1-2H3. The summed E-state index contributed by atoms with van der Waals surface area (Å²) in [6.07, 6.45) is 3.45. The topological polar surface area (TPSA) is 12.0 Å². The highest BCUT2D eigenvalue weighted by Gasteiger charge is 1.98. The van der Waals surface area contributed by atoms with Gasteiger partial charge in [-0.25, -0.2) is 0 Å². The molecule has 1 aromatic rings. The van der Waals surface area contributed by atoms with Gasteiger partial charge in [0, 0.05) is 0 Å². The number of hydrogen-bond acceptors (Lipinski definition) is 2. The molecule has 17 heavy (non-hydrogen) atoms. The summed E-state index contributed by atoms with van der Waals surface area (Å²) in [4.78, 5) is 0. The molecule has 0 unspecified atom stereocenters. The molecular weight excluding hydrogens is 226 g/mol. The van der Waals surface area contributed by atoms with E-state index in [0.29, 0.717) is 0 Å². The summed E-state index contributed by atoms with van der Waals surface area (Å²) in [5.74, 6) is 1.71. The Morgan fingerprint density at radius 1 is 1.06 bits per heavy atom. The Hall–Kier alpha value is -0.470. The highest BCUT2D eigenvalue weighted by Crippen LogP contribution is 2.09. The molecular formula is C15H25NS. The highest BCUT2D eigenvalue weighted by molar-refractivity contribution is 7.80. The second-order valence-corrected chi connectivity index (χ2v) is 5.44. The zero-order valence-electron chi connectivity index (χ0n) is 11.1. The largest absolute Gasteiger partial charge is 0.316 e. The summed E-state index contributed by atoms with van der Waals surface area (Å²) in [6, 6.07) is 9.06. The van der Waals surface area contributed by atoms with Crippen molar-refractivity contribution in [2.24, 2.45) is 5.92 Å². The van der Waals surface area contributed by atoms with Crippen LogP contribution in [0.3, 0.4) is 0 Å². The third kappa shape index (κ3) is 6.75. The summed E-state index contributed by atoms with van der Waals surface area (Å²) in [7, 11) is 0. The number of nitrogens with one attached hydrogen (secondary N) is 1. The van der Waals surface area contributed by atoms with E-state index in [9.17, 15) is 0 Å². The van der Waals surface area contributed by atoms with Crippen molar-refractivity contribution in [2.45, 2.75) is 33.1 Å². The van der Waals surface area contributed by atoms with Crippen LogP contribution in [0.5, 0.6) is 0 Å². The molecule has 0 aliphatic rings. The number of benzene rings is 1. The Bertz CT molecular complexity index is 292. The number of rotatable bonds is 8. The third-order valence-corrected chi connectivity index (χ3v) is 3.09. The monoisotopic (exact) mass is 251 g/mol. The lowest BCUT2D eigenvalue weighted by Crippen LogP contribution is -2.18. The average molecular weight is 251 g/mol. The van der Waals surface area contributed by atoms with Gasteiger partial charge < -0.3 is 5.32 Å². The maximum Gasteiger partial charge on any atom is -0.000835 e. The Balaban J connectivity index is 2.25. The van der Waals surface area contributed by atoms with Crippen molar-refractivity contribution in [1.82, 2.24) is 5.32 Å². The van der Waals surface area contributed by atoms with Crippen molar-refractivity contribution in [1.29, 1.82) is 0 Å². The quantitative estimate of drug-likeness (QED) is 0.533. The molecule has 0 saturated heterocycles. The first-order chi connectivity index (χ1) is 8.22. The smallest absolute Gasteiger partial charge is 0.000835 e. The molecule has 0 radical (unpaired) electrons. The van der Waals surface area contributed by atoms with Crippen molar-refractivity contribution >= 4 is 12.6 Å². The van der Waals surface area contributed by atoms with Crippen LogP contribution in [0.2, 0.25) is 0 Å². The molecule has 0 aliphatic carbocycles. The van der Waals surface area contributed by atoms with Crippen LogP contribution in [0, 0.1) is 5.92 Å². The highest BCUT2D eigenvalue weighted by atomic mass is 32.1. The molecule has 1 rings (SSSR count). The molecule has 0 bridgehead atoms. The summed E-state index contributed by atoms with van der Waals surface area (Å²) in [6.45, 7) is 6.67. The second-order valence-electron chi connectivity index (χ2n) is 4.99. The van der Waals surface area contributed by atoms with Gasteiger partial charge in [0.05, 0.1) is 0 Å². The fraction of sp³-hybridized carbons (Fsp3) is 0.600. The maximum absolute atomic E-state index is 4.19. The zero-order chi connectivity index (χ0) is 12.5. The van der Waals surface area contributed by atoms with Crippen LogP contribution >= 0.6 is 12.6 Å². The molecule has 0 aromatic heterocycles. The first kappa shape index (κ1) is 14.6. The van der Waals surface area contributed by atoms with E-state index in [2.05, 4.69) is 56.1 Å². The molecule has 2 heteroatoms. The molecule has 1 N–H and O–H groups in total. The lowest BCUT2D eigenvalue weighted by Gasteiger charge is -2.07. The van der Waals surface area contributed by atoms with Crippen molar-refractivity contribution < 1.29 is 0 Å². The van der Waals surface area contributed by atoms with Crippen molar-refractivity contribution in [3.63, 3.8) is 0 Å². The van der Waals surface area contributed by atoms with Crippen LogP contribution in [-0.2, 0) is 12.8 Å². The van der Waals surface area contributed by atoms with Crippen LogP contribution in [0.4, 0.5) is 0 Å². The van der Waals surface area contributed by atoms with Crippen LogP contribution in [-0.4, -0.2) is 18.8 Å². The van der Waals surface area contributed by atoms with Crippen LogP contribution in [0.15, 0.2) is 24.3 Å². The summed E-state index contributed by atoms with van der Waals surface area (Å²) in [5.41, 5.74) is 2.88. The minimum absolute atomic E-state index is 0.740. The van der Waals surface area contributed by atoms with Crippen molar-refractivity contribution in [3.8, 4) is 0 Å². The SMILES string of the molecule is CC(C)Cc1ccc(CCNCCCS)cc1. The van der Waals surface area contributed by atoms with Gasteiger partial charge in [-0.15, -0.1) is 0 Å². The summed E-state index contributed by atoms with van der Waals surface area (Å²) >= 11 is 4.19. The van der Waals surface area contributed by atoms with Gasteiger partial charge in [-0.2, -0.15) is 12.6 Å². The molecule has 0 aliphatic heterocycles. The van der Waals surface area contributed by atoms with Crippen LogP contribution in [0.25, 0.3) is 0 Å². The van der Waals surface area contributed by atoms with Gasteiger partial charge in [-0.3, -0.25) is 0 Å². The van der Waals surface area contributed by atoms with Gasteiger partial charge in [0.2, 0.25) is 0 Å². The predicted molar refractivity (Wildman–Crippen MR) is 80.0 cm³/mol. The lowest BCUT2D eigenvalue weighted by atomic mass is 10.0. The molecule has 1 aromatic carbocycles. The fourth-order valence-electron chi connectivity index (χ4n) is 1.88. The molecule has 0 atom stereocenters. The Morgan fingerprint density at radius 3 is 2.29 bits per heavy atom. The summed E-state index contributed by atoms with van der Waals surface area (Å²) in [5, 5.41) is 3.43. The Morgan fingerprint density at radius 2 is 1.71 bits per heavy atom. The first-order valence-corrected chi connectivity index (χ1v) is 7.25. The normalized spacial score (nSPS) is 11.1. The van der Waals surface area contributed by atoms with Crippen LogP contribution < -0.4 is 5.32 Å². The molecule has 0 saturated carbocycles. The van der Waals surface area contributed by atoms with E-state index in [0.717, 1.165) is 37.6 Å². The molecule has 0 heterocycles. The fourth-order valence-corrected chi connectivity index (χ4v) is 2.03. The second kappa shape index (κ2) is 8.60. The minimum Gasteiger partial charge on any atom is -0.316 e. The Labute approximate surface area is 111 Å². The van der Waals surface area contributed by atoms with E-state index in [-0.39, 0.29) is 0 Å². The van der Waals surface area contributed by atoms with E-state index in [1.807, 2.05) is 0 Å². The lowest BCUT2D eigenvalue weighted by molar-refractivity contribution is 0.646. The van der Waals surface area contributed by atoms with E-state index in [1.165, 1.54) is 17.5 Å². The molecule has 0 fully saturated rings. The first-order valence-electron chi connectivity index (χ1n) is 6.61. The van der Waals surface area contributed by atoms with Gasteiger partial charge in [-0.05, 0) is 55.1 Å². The summed E-state index contributed by atoms with van der Waals surface area (Å²) < 4.78 is 0. The van der Waals surface area contributed by atoms with Crippen molar-refractivity contribution in [3.05, 3.63) is 35.4 Å². The van der Waals surface area contributed by atoms with Gasteiger partial charge in [-0.1, -0.05) is 38.1 Å². The zero-order valence-corrected chi connectivity index (χ0v) is 12.0. The van der Waals surface area contributed by atoms with Gasteiger partial charge >= 0.3 is 0 Å². The molecule has 96 valence electrons. The van der Waals surface area contributed by atoms with E-state index in [4.69, 9.17) is 0 Å². The molecule has 1 nitrogen and oxygen atoms in total. The Kier molecular flexibility index (Phi) is 7.38. The maximum atomic E-state index is 4.19. The minimum atomic E-state index is 0.740. The van der Waals surface area contributed by atoms with Gasteiger partial charge in [0.15, 0.2) is 0 Å². The van der Waals surface area contributed by atoms with Crippen LogP contribution in [0.1, 0.15) is 31.4 Å². The number of thiol groups is 1. The third-order valence-electron chi connectivity index (χ3n) is 2.77. The van der Waals surface area contributed by atoms with Gasteiger partial charge in [0.1, 0.15) is 0 Å². The van der Waals surface area contributed by atoms with Gasteiger partial charge in [0.25, 0.3) is 0 Å². The van der Waals surface area contributed by atoms with Crippen molar-refractivity contribution in [2.75, 3.05) is 18.8 Å². The van der Waals surface area contributed by atoms with E-state index < -0.39 is 0 Å². The molecule has 0 amide bonds. The van der Waals surface area contributed by atoms with E-state index in [1.54, 1.807) is 0 Å². The average Bonchev–Trinajstić information content (AvgIpc) is 2.30. The number of hydrogen-bond donors (Lipinski definition) is 2. The predicted octanol–water partition coefficient (Wildman–Crippen LogP) is 3.34. The molecule has 0 spiro atoms. The van der Waals surface area contributed by atoms with E-state index >= 15 is 0 Å².